The van der Waals surface area contributed by atoms with Crippen LogP contribution in [0.25, 0.3) is 0 Å². The minimum atomic E-state index is -0.399. The first-order valence-electron chi connectivity index (χ1n) is 9.21. The molecule has 4 rings (SSSR count). The molecule has 1 aromatic heterocycles. The van der Waals surface area contributed by atoms with Gasteiger partial charge >= 0.3 is 0 Å². The van der Waals surface area contributed by atoms with Gasteiger partial charge in [0.2, 0.25) is 0 Å². The smallest absolute Gasteiger partial charge is 0.167 e. The topological polar surface area (TPSA) is 59.8 Å². The second kappa shape index (κ2) is 6.88. The van der Waals surface area contributed by atoms with Gasteiger partial charge < -0.3 is 14.4 Å². The largest absolute Gasteiger partial charge is 0.488 e. The summed E-state index contributed by atoms with van der Waals surface area (Å²) in [5.74, 6) is 0.686. The highest BCUT2D eigenvalue weighted by Crippen LogP contribution is 2.37. The number of nitrogens with zero attached hydrogens (tertiary/aromatic N) is 4. The molecule has 27 heavy (non-hydrogen) atoms. The number of ether oxygens (including phenoxy) is 2. The predicted molar refractivity (Wildman–Crippen MR) is 102 cm³/mol. The summed E-state index contributed by atoms with van der Waals surface area (Å²) in [4.78, 5) is 15.5. The van der Waals surface area contributed by atoms with Gasteiger partial charge in [-0.25, -0.2) is 19.4 Å². The molecule has 0 bridgehead atoms. The molecule has 0 spiro atoms. The standard InChI is InChI=1S/C20H23FN4O2/c1-11(2)27-18-5-14-16(6-15(18)21)24-20(14)17-7-19(23-10-22-17)25-12(3)8-26-9-13(25)4/h5-7,10-13H,8-9H2,1-4H3. The van der Waals surface area contributed by atoms with E-state index in [2.05, 4.69) is 33.7 Å². The summed E-state index contributed by atoms with van der Waals surface area (Å²) in [7, 11) is 0. The number of rotatable bonds is 4. The van der Waals surface area contributed by atoms with Crippen LogP contribution in [0.15, 0.2) is 29.5 Å². The molecule has 0 N–H and O–H groups in total. The van der Waals surface area contributed by atoms with Crippen molar-refractivity contribution in [3.05, 3.63) is 41.6 Å². The minimum absolute atomic E-state index is 0.104. The van der Waals surface area contributed by atoms with Gasteiger partial charge in [-0.3, -0.25) is 0 Å². The van der Waals surface area contributed by atoms with Gasteiger partial charge in [-0.15, -0.1) is 0 Å². The average molecular weight is 370 g/mol. The van der Waals surface area contributed by atoms with Gasteiger partial charge in [-0.2, -0.15) is 0 Å². The van der Waals surface area contributed by atoms with E-state index in [1.54, 1.807) is 12.4 Å². The third-order valence-electron chi connectivity index (χ3n) is 4.73. The Labute approximate surface area is 158 Å². The van der Waals surface area contributed by atoms with Crippen molar-refractivity contribution in [2.24, 2.45) is 4.99 Å². The van der Waals surface area contributed by atoms with Gasteiger partial charge in [0, 0.05) is 17.7 Å². The van der Waals surface area contributed by atoms with Crippen molar-refractivity contribution in [3.63, 3.8) is 0 Å². The Morgan fingerprint density at radius 3 is 2.59 bits per heavy atom. The van der Waals surface area contributed by atoms with Crippen molar-refractivity contribution in [1.82, 2.24) is 9.97 Å². The lowest BCUT2D eigenvalue weighted by molar-refractivity contribution is 0.0752. The van der Waals surface area contributed by atoms with Crippen molar-refractivity contribution in [1.29, 1.82) is 0 Å². The van der Waals surface area contributed by atoms with Gasteiger partial charge in [-0.05, 0) is 33.8 Å². The predicted octanol–water partition coefficient (Wildman–Crippen LogP) is 3.50. The summed E-state index contributed by atoms with van der Waals surface area (Å²) in [5.41, 5.74) is 2.92. The van der Waals surface area contributed by atoms with E-state index >= 15 is 0 Å². The zero-order valence-electron chi connectivity index (χ0n) is 15.9. The van der Waals surface area contributed by atoms with Crippen LogP contribution in [-0.2, 0) is 4.74 Å². The van der Waals surface area contributed by atoms with Crippen LogP contribution in [0.3, 0.4) is 0 Å². The van der Waals surface area contributed by atoms with E-state index in [0.717, 1.165) is 22.8 Å². The molecule has 1 saturated heterocycles. The fraction of sp³-hybridized carbons (Fsp3) is 0.450. The van der Waals surface area contributed by atoms with Crippen LogP contribution < -0.4 is 9.64 Å². The summed E-state index contributed by atoms with van der Waals surface area (Å²) in [6, 6.07) is 5.51. The third-order valence-corrected chi connectivity index (χ3v) is 4.73. The molecule has 7 heteroatoms. The van der Waals surface area contributed by atoms with E-state index in [4.69, 9.17) is 9.47 Å². The van der Waals surface area contributed by atoms with Crippen molar-refractivity contribution in [2.75, 3.05) is 18.1 Å². The maximum absolute atomic E-state index is 14.1. The first-order chi connectivity index (χ1) is 12.9. The van der Waals surface area contributed by atoms with Crippen molar-refractivity contribution in [3.8, 4) is 5.75 Å². The molecule has 1 fully saturated rings. The van der Waals surface area contributed by atoms with Crippen LogP contribution in [0.2, 0.25) is 0 Å². The molecule has 2 atom stereocenters. The number of halogens is 1. The summed E-state index contributed by atoms with van der Waals surface area (Å²) in [5, 5.41) is 0. The lowest BCUT2D eigenvalue weighted by Gasteiger charge is -2.39. The lowest BCUT2D eigenvalue weighted by atomic mass is 9.98. The van der Waals surface area contributed by atoms with E-state index in [-0.39, 0.29) is 23.9 Å². The van der Waals surface area contributed by atoms with E-state index in [1.807, 2.05) is 19.9 Å². The van der Waals surface area contributed by atoms with Gasteiger partial charge in [0.15, 0.2) is 11.6 Å². The molecular formula is C20H23FN4O2. The second-order valence-electron chi connectivity index (χ2n) is 7.33. The molecule has 1 aromatic carbocycles. The number of benzene rings is 1. The van der Waals surface area contributed by atoms with Gasteiger partial charge in [-0.1, -0.05) is 0 Å². The molecule has 0 radical (unpaired) electrons. The number of aliphatic imine (C=N–C) groups is 1. The molecule has 0 aliphatic carbocycles. The minimum Gasteiger partial charge on any atom is -0.488 e. The van der Waals surface area contributed by atoms with Crippen LogP contribution in [0.4, 0.5) is 15.9 Å². The van der Waals surface area contributed by atoms with Crippen LogP contribution in [0.1, 0.15) is 39.0 Å². The molecule has 2 unspecified atom stereocenters. The first kappa shape index (κ1) is 17.9. The number of hydrogen-bond donors (Lipinski definition) is 0. The Kier molecular flexibility index (Phi) is 4.55. The van der Waals surface area contributed by atoms with E-state index < -0.39 is 5.82 Å². The number of fused-ring (bicyclic) bond motifs is 1. The Morgan fingerprint density at radius 1 is 1.15 bits per heavy atom. The Hall–Kier alpha value is -2.54. The summed E-state index contributed by atoms with van der Waals surface area (Å²) >= 11 is 0. The normalized spacial score (nSPS) is 21.6. The molecule has 0 amide bonds. The number of aromatic nitrogens is 2. The fourth-order valence-electron chi connectivity index (χ4n) is 3.57. The van der Waals surface area contributed by atoms with Gasteiger partial charge in [0.05, 0.1) is 48.5 Å². The van der Waals surface area contributed by atoms with Crippen LogP contribution in [0.5, 0.6) is 5.75 Å². The van der Waals surface area contributed by atoms with Crippen molar-refractivity contribution in [2.45, 2.75) is 45.9 Å². The third kappa shape index (κ3) is 3.27. The zero-order valence-corrected chi connectivity index (χ0v) is 15.9. The quantitative estimate of drug-likeness (QED) is 0.703. The maximum Gasteiger partial charge on any atom is 0.167 e. The van der Waals surface area contributed by atoms with E-state index in [9.17, 15) is 4.39 Å². The van der Waals surface area contributed by atoms with E-state index in [1.165, 1.54) is 6.07 Å². The maximum atomic E-state index is 14.1. The fourth-order valence-corrected chi connectivity index (χ4v) is 3.57. The number of morpholine rings is 1. The highest BCUT2D eigenvalue weighted by molar-refractivity contribution is 6.21. The summed E-state index contributed by atoms with van der Waals surface area (Å²) < 4.78 is 25.3. The zero-order chi connectivity index (χ0) is 19.1. The molecule has 2 aromatic rings. The molecule has 2 aliphatic rings. The first-order valence-corrected chi connectivity index (χ1v) is 9.21. The Balaban J connectivity index is 1.65. The van der Waals surface area contributed by atoms with Crippen LogP contribution >= 0.6 is 0 Å². The average Bonchev–Trinajstić information content (AvgIpc) is 2.60. The molecule has 142 valence electrons. The van der Waals surface area contributed by atoms with Crippen LogP contribution in [-0.4, -0.2) is 47.1 Å². The lowest BCUT2D eigenvalue weighted by Crippen LogP contribution is -2.50. The Bertz CT molecular complexity index is 890. The molecule has 0 saturated carbocycles. The van der Waals surface area contributed by atoms with Gasteiger partial charge in [0.1, 0.15) is 12.1 Å². The molecule has 3 heterocycles. The molecule has 2 aliphatic heterocycles. The van der Waals surface area contributed by atoms with E-state index in [0.29, 0.717) is 18.9 Å². The summed E-state index contributed by atoms with van der Waals surface area (Å²) in [6.07, 6.45) is 1.45. The van der Waals surface area contributed by atoms with Crippen molar-refractivity contribution < 1.29 is 13.9 Å². The number of anilines is 1. The van der Waals surface area contributed by atoms with Gasteiger partial charge in [0.25, 0.3) is 0 Å². The molecule has 6 nitrogen and oxygen atoms in total. The summed E-state index contributed by atoms with van der Waals surface area (Å²) in [6.45, 7) is 9.31. The molecular weight excluding hydrogens is 347 g/mol. The SMILES string of the molecule is CC(C)Oc1cc2c(cc1F)N=C2c1cc(N2C(C)COCC2C)ncn1. The highest BCUT2D eigenvalue weighted by atomic mass is 19.1. The van der Waals surface area contributed by atoms with Crippen molar-refractivity contribution >= 4 is 17.2 Å². The van der Waals surface area contributed by atoms with Crippen LogP contribution in [0, 0.1) is 5.82 Å². The number of hydrogen-bond acceptors (Lipinski definition) is 6. The highest BCUT2D eigenvalue weighted by Gasteiger charge is 2.29. The monoisotopic (exact) mass is 370 g/mol. The Morgan fingerprint density at radius 2 is 1.89 bits per heavy atom. The second-order valence-corrected chi connectivity index (χ2v) is 7.33.